The largest absolute Gasteiger partial charge is 0.378 e. The molecule has 2 aliphatic rings. The van der Waals surface area contributed by atoms with Crippen molar-refractivity contribution in [1.82, 2.24) is 10.6 Å². The first-order valence-corrected chi connectivity index (χ1v) is 7.99. The number of ether oxygens (including phenoxy) is 1. The van der Waals surface area contributed by atoms with E-state index in [0.717, 1.165) is 39.0 Å². The molecule has 1 heterocycles. The maximum Gasteiger partial charge on any atom is 0.237 e. The van der Waals surface area contributed by atoms with Crippen molar-refractivity contribution in [2.75, 3.05) is 19.7 Å². The summed E-state index contributed by atoms with van der Waals surface area (Å²) in [6.07, 6.45) is 11.2. The zero-order valence-corrected chi connectivity index (χ0v) is 12.0. The van der Waals surface area contributed by atoms with Gasteiger partial charge in [-0.25, -0.2) is 0 Å². The van der Waals surface area contributed by atoms with Gasteiger partial charge in [-0.1, -0.05) is 25.7 Å². The van der Waals surface area contributed by atoms with Gasteiger partial charge in [-0.3, -0.25) is 4.79 Å². The summed E-state index contributed by atoms with van der Waals surface area (Å²) in [6.45, 7) is 2.50. The monoisotopic (exact) mass is 268 g/mol. The molecule has 0 spiro atoms. The minimum Gasteiger partial charge on any atom is -0.378 e. The van der Waals surface area contributed by atoms with E-state index in [1.54, 1.807) is 0 Å². The van der Waals surface area contributed by atoms with E-state index in [9.17, 15) is 4.79 Å². The number of amides is 1. The molecule has 19 heavy (non-hydrogen) atoms. The van der Waals surface area contributed by atoms with Crippen LogP contribution in [0, 0.1) is 0 Å². The standard InChI is InChI=1S/C15H28N2O2/c18-15(14-9-4-5-10-16-14)17-11-6-12-19-13-7-2-1-3-8-13/h13-14,16H,1-12H2,(H,17,18)/t14-/m1/s1. The van der Waals surface area contributed by atoms with Crippen molar-refractivity contribution in [3.05, 3.63) is 0 Å². The van der Waals surface area contributed by atoms with Crippen LogP contribution in [-0.4, -0.2) is 37.7 Å². The Hall–Kier alpha value is -0.610. The number of hydrogen-bond acceptors (Lipinski definition) is 3. The highest BCUT2D eigenvalue weighted by atomic mass is 16.5. The lowest BCUT2D eigenvalue weighted by atomic mass is 9.98. The maximum absolute atomic E-state index is 11.8. The zero-order valence-electron chi connectivity index (χ0n) is 12.0. The molecule has 0 aromatic carbocycles. The first kappa shape index (κ1) is 14.8. The maximum atomic E-state index is 11.8. The van der Waals surface area contributed by atoms with Crippen LogP contribution in [0.15, 0.2) is 0 Å². The molecule has 4 nitrogen and oxygen atoms in total. The van der Waals surface area contributed by atoms with Crippen molar-refractivity contribution < 1.29 is 9.53 Å². The molecule has 0 aromatic heterocycles. The Balaban J connectivity index is 1.47. The number of carbonyl (C=O) groups excluding carboxylic acids is 1. The molecular formula is C15H28N2O2. The summed E-state index contributed by atoms with van der Waals surface area (Å²) in [5, 5.41) is 6.28. The predicted molar refractivity (Wildman–Crippen MR) is 76.1 cm³/mol. The Bertz CT molecular complexity index is 259. The summed E-state index contributed by atoms with van der Waals surface area (Å²) in [4.78, 5) is 11.8. The lowest BCUT2D eigenvalue weighted by molar-refractivity contribution is -0.123. The Kier molecular flexibility index (Phi) is 6.65. The van der Waals surface area contributed by atoms with E-state index in [4.69, 9.17) is 4.74 Å². The van der Waals surface area contributed by atoms with E-state index in [-0.39, 0.29) is 11.9 Å². The molecule has 1 atom stereocenters. The molecule has 110 valence electrons. The quantitative estimate of drug-likeness (QED) is 0.724. The molecule has 0 aromatic rings. The molecular weight excluding hydrogens is 240 g/mol. The molecule has 0 unspecified atom stereocenters. The highest BCUT2D eigenvalue weighted by Crippen LogP contribution is 2.20. The van der Waals surface area contributed by atoms with Gasteiger partial charge in [0.15, 0.2) is 0 Å². The first-order chi connectivity index (χ1) is 9.36. The summed E-state index contributed by atoms with van der Waals surface area (Å²) < 4.78 is 5.84. The van der Waals surface area contributed by atoms with E-state index in [0.29, 0.717) is 6.10 Å². The van der Waals surface area contributed by atoms with Gasteiger partial charge < -0.3 is 15.4 Å². The highest BCUT2D eigenvalue weighted by molar-refractivity contribution is 5.81. The number of rotatable bonds is 6. The van der Waals surface area contributed by atoms with Gasteiger partial charge in [-0.2, -0.15) is 0 Å². The third-order valence-corrected chi connectivity index (χ3v) is 4.15. The minimum atomic E-state index is 0.0352. The Labute approximate surface area is 116 Å². The van der Waals surface area contributed by atoms with Gasteiger partial charge in [0.05, 0.1) is 12.1 Å². The van der Waals surface area contributed by atoms with Gasteiger partial charge in [0, 0.05) is 13.2 Å². The molecule has 1 saturated carbocycles. The van der Waals surface area contributed by atoms with Crippen LogP contribution in [-0.2, 0) is 9.53 Å². The molecule has 1 amide bonds. The van der Waals surface area contributed by atoms with Crippen LogP contribution in [0.1, 0.15) is 57.8 Å². The number of carbonyl (C=O) groups is 1. The highest BCUT2D eigenvalue weighted by Gasteiger charge is 2.19. The topological polar surface area (TPSA) is 50.4 Å². The molecule has 1 saturated heterocycles. The van der Waals surface area contributed by atoms with Crippen molar-refractivity contribution >= 4 is 5.91 Å². The Morgan fingerprint density at radius 1 is 1.11 bits per heavy atom. The van der Waals surface area contributed by atoms with Gasteiger partial charge in [-0.15, -0.1) is 0 Å². The van der Waals surface area contributed by atoms with E-state index < -0.39 is 0 Å². The first-order valence-electron chi connectivity index (χ1n) is 7.99. The van der Waals surface area contributed by atoms with Crippen molar-refractivity contribution in [1.29, 1.82) is 0 Å². The predicted octanol–water partition coefficient (Wildman–Crippen LogP) is 1.98. The molecule has 2 N–H and O–H groups in total. The lowest BCUT2D eigenvalue weighted by Crippen LogP contribution is -2.46. The average Bonchev–Trinajstić information content (AvgIpc) is 2.49. The fraction of sp³-hybridized carbons (Fsp3) is 0.933. The van der Waals surface area contributed by atoms with Gasteiger partial charge in [0.1, 0.15) is 0 Å². The minimum absolute atomic E-state index is 0.0352. The molecule has 1 aliphatic heterocycles. The normalized spacial score (nSPS) is 25.2. The SMILES string of the molecule is O=C(NCCCOC1CCCCC1)[C@H]1CCCCN1. The fourth-order valence-electron chi connectivity index (χ4n) is 2.96. The number of hydrogen-bond donors (Lipinski definition) is 2. The zero-order chi connectivity index (χ0) is 13.3. The van der Waals surface area contributed by atoms with Crippen molar-refractivity contribution in [2.45, 2.75) is 69.9 Å². The van der Waals surface area contributed by atoms with Gasteiger partial charge >= 0.3 is 0 Å². The van der Waals surface area contributed by atoms with Crippen LogP contribution in [0.4, 0.5) is 0 Å². The molecule has 1 aliphatic carbocycles. The average molecular weight is 268 g/mol. The third-order valence-electron chi connectivity index (χ3n) is 4.15. The second kappa shape index (κ2) is 8.54. The van der Waals surface area contributed by atoms with E-state index in [2.05, 4.69) is 10.6 Å². The summed E-state index contributed by atoms with van der Waals surface area (Å²) in [7, 11) is 0. The van der Waals surface area contributed by atoms with Crippen LogP contribution in [0.25, 0.3) is 0 Å². The van der Waals surface area contributed by atoms with Gasteiger partial charge in [0.2, 0.25) is 5.91 Å². The van der Waals surface area contributed by atoms with E-state index in [1.165, 1.54) is 38.5 Å². The summed E-state index contributed by atoms with van der Waals surface area (Å²) >= 11 is 0. The van der Waals surface area contributed by atoms with Crippen molar-refractivity contribution in [2.24, 2.45) is 0 Å². The van der Waals surface area contributed by atoms with Crippen LogP contribution in [0.3, 0.4) is 0 Å². The van der Waals surface area contributed by atoms with Crippen molar-refractivity contribution in [3.63, 3.8) is 0 Å². The third kappa shape index (κ3) is 5.49. The van der Waals surface area contributed by atoms with Crippen LogP contribution >= 0.6 is 0 Å². The van der Waals surface area contributed by atoms with Gasteiger partial charge in [0.25, 0.3) is 0 Å². The summed E-state index contributed by atoms with van der Waals surface area (Å²) in [5.41, 5.74) is 0. The van der Waals surface area contributed by atoms with Crippen LogP contribution in [0.2, 0.25) is 0 Å². The Morgan fingerprint density at radius 2 is 1.89 bits per heavy atom. The van der Waals surface area contributed by atoms with Crippen LogP contribution in [0.5, 0.6) is 0 Å². The molecule has 2 fully saturated rings. The smallest absolute Gasteiger partial charge is 0.237 e. The molecule has 4 heteroatoms. The molecule has 2 rings (SSSR count). The van der Waals surface area contributed by atoms with Crippen molar-refractivity contribution in [3.8, 4) is 0 Å². The second-order valence-corrected chi connectivity index (χ2v) is 5.78. The van der Waals surface area contributed by atoms with E-state index in [1.807, 2.05) is 0 Å². The van der Waals surface area contributed by atoms with Crippen LogP contribution < -0.4 is 10.6 Å². The number of piperidine rings is 1. The van der Waals surface area contributed by atoms with Gasteiger partial charge in [-0.05, 0) is 38.6 Å². The second-order valence-electron chi connectivity index (χ2n) is 5.78. The molecule has 0 bridgehead atoms. The van der Waals surface area contributed by atoms with E-state index >= 15 is 0 Å². The lowest BCUT2D eigenvalue weighted by Gasteiger charge is -2.23. The fourth-order valence-corrected chi connectivity index (χ4v) is 2.96. The molecule has 0 radical (unpaired) electrons. The number of nitrogens with one attached hydrogen (secondary N) is 2. The summed E-state index contributed by atoms with van der Waals surface area (Å²) in [5.74, 6) is 0.164. The summed E-state index contributed by atoms with van der Waals surface area (Å²) in [6, 6.07) is 0.0352. The Morgan fingerprint density at radius 3 is 2.63 bits per heavy atom.